The van der Waals surface area contributed by atoms with E-state index in [0.717, 1.165) is 5.69 Å². The van der Waals surface area contributed by atoms with E-state index < -0.39 is 6.10 Å². The molecule has 194 valence electrons. The lowest BCUT2D eigenvalue weighted by Crippen LogP contribution is -2.48. The first kappa shape index (κ1) is 26.9. The van der Waals surface area contributed by atoms with Crippen molar-refractivity contribution >= 4 is 58.0 Å². The monoisotopic (exact) mass is 561 g/mol. The SMILES string of the molecule is COc1ccc(Cl)cc1C(=O)N1CCN(c2ccc(NC(=O)[C@@H](C)Oc3ccc(Cl)cc3Cl)cc2)CC1. The summed E-state index contributed by atoms with van der Waals surface area (Å²) in [5.74, 6) is 0.483. The number of rotatable bonds is 7. The molecule has 1 aliphatic heterocycles. The second-order valence-electron chi connectivity index (χ2n) is 8.49. The second-order valence-corrected chi connectivity index (χ2v) is 9.77. The fraction of sp³-hybridized carbons (Fsp3) is 0.259. The van der Waals surface area contributed by atoms with Gasteiger partial charge in [-0.1, -0.05) is 34.8 Å². The maximum absolute atomic E-state index is 13.0. The van der Waals surface area contributed by atoms with Crippen molar-refractivity contribution in [2.75, 3.05) is 43.5 Å². The smallest absolute Gasteiger partial charge is 0.265 e. The molecule has 2 amide bonds. The zero-order chi connectivity index (χ0) is 26.5. The van der Waals surface area contributed by atoms with E-state index in [1.54, 1.807) is 48.2 Å². The van der Waals surface area contributed by atoms with Gasteiger partial charge in [0.1, 0.15) is 11.5 Å². The van der Waals surface area contributed by atoms with Crippen LogP contribution in [0.15, 0.2) is 60.7 Å². The van der Waals surface area contributed by atoms with Crippen LogP contribution in [0, 0.1) is 0 Å². The summed E-state index contributed by atoms with van der Waals surface area (Å²) in [5, 5.41) is 4.17. The van der Waals surface area contributed by atoms with Gasteiger partial charge in [0.2, 0.25) is 0 Å². The Bertz CT molecular complexity index is 1280. The van der Waals surface area contributed by atoms with Gasteiger partial charge < -0.3 is 24.6 Å². The number of methoxy groups -OCH3 is 1. The quantitative estimate of drug-likeness (QED) is 0.381. The highest BCUT2D eigenvalue weighted by Gasteiger charge is 2.25. The summed E-state index contributed by atoms with van der Waals surface area (Å²) in [6.45, 7) is 4.12. The fourth-order valence-electron chi connectivity index (χ4n) is 4.00. The Labute approximate surface area is 230 Å². The summed E-state index contributed by atoms with van der Waals surface area (Å²) >= 11 is 18.1. The molecule has 0 radical (unpaired) electrons. The summed E-state index contributed by atoms with van der Waals surface area (Å²) in [5.41, 5.74) is 2.11. The van der Waals surface area contributed by atoms with E-state index in [9.17, 15) is 9.59 Å². The van der Waals surface area contributed by atoms with Gasteiger partial charge >= 0.3 is 0 Å². The molecule has 0 unspecified atom stereocenters. The van der Waals surface area contributed by atoms with Crippen LogP contribution >= 0.6 is 34.8 Å². The van der Waals surface area contributed by atoms with E-state index >= 15 is 0 Å². The molecule has 7 nitrogen and oxygen atoms in total. The molecule has 10 heteroatoms. The summed E-state index contributed by atoms with van der Waals surface area (Å²) in [4.78, 5) is 29.6. The lowest BCUT2D eigenvalue weighted by atomic mass is 10.1. The lowest BCUT2D eigenvalue weighted by Gasteiger charge is -2.36. The van der Waals surface area contributed by atoms with E-state index in [1.165, 1.54) is 7.11 Å². The van der Waals surface area contributed by atoms with Crippen molar-refractivity contribution in [1.82, 2.24) is 4.90 Å². The Morgan fingerprint density at radius 2 is 1.49 bits per heavy atom. The molecule has 0 bridgehead atoms. The number of anilines is 2. The van der Waals surface area contributed by atoms with Gasteiger partial charge in [-0.3, -0.25) is 9.59 Å². The molecule has 0 aliphatic carbocycles. The van der Waals surface area contributed by atoms with E-state index in [2.05, 4.69) is 10.2 Å². The topological polar surface area (TPSA) is 71.1 Å². The number of piperazine rings is 1. The summed E-state index contributed by atoms with van der Waals surface area (Å²) in [6, 6.07) is 17.4. The highest BCUT2D eigenvalue weighted by atomic mass is 35.5. The standard InChI is InChI=1S/C27H26Cl3N3O4/c1-17(37-25-10-4-19(29)16-23(25)30)26(34)31-20-5-7-21(8-6-20)32-11-13-33(14-12-32)27(35)22-15-18(28)3-9-24(22)36-2/h3-10,15-17H,11-14H2,1-2H3,(H,31,34)/t17-/m1/s1. The minimum Gasteiger partial charge on any atom is -0.496 e. The van der Waals surface area contributed by atoms with Gasteiger partial charge in [-0.25, -0.2) is 0 Å². The third kappa shape index (κ3) is 6.60. The molecule has 1 N–H and O–H groups in total. The zero-order valence-corrected chi connectivity index (χ0v) is 22.6. The number of halogens is 3. The highest BCUT2D eigenvalue weighted by molar-refractivity contribution is 6.35. The van der Waals surface area contributed by atoms with Crippen molar-refractivity contribution in [1.29, 1.82) is 0 Å². The third-order valence-corrected chi connectivity index (χ3v) is 6.79. The molecule has 1 heterocycles. The van der Waals surface area contributed by atoms with Crippen LogP contribution in [0.3, 0.4) is 0 Å². The van der Waals surface area contributed by atoms with Gasteiger partial charge in [0.15, 0.2) is 6.10 Å². The first-order valence-corrected chi connectivity index (χ1v) is 12.8. The predicted molar refractivity (Wildman–Crippen MR) is 148 cm³/mol. The molecule has 0 saturated carbocycles. The molecular formula is C27H26Cl3N3O4. The zero-order valence-electron chi connectivity index (χ0n) is 20.3. The van der Waals surface area contributed by atoms with Gasteiger partial charge in [-0.2, -0.15) is 0 Å². The van der Waals surface area contributed by atoms with Gasteiger partial charge in [0.05, 0.1) is 17.7 Å². The maximum atomic E-state index is 13.0. The van der Waals surface area contributed by atoms with Crippen LogP contribution in [0.5, 0.6) is 11.5 Å². The number of hydrogen-bond donors (Lipinski definition) is 1. The maximum Gasteiger partial charge on any atom is 0.265 e. The van der Waals surface area contributed by atoms with E-state index in [1.807, 2.05) is 24.3 Å². The van der Waals surface area contributed by atoms with Crippen molar-refractivity contribution in [3.05, 3.63) is 81.3 Å². The van der Waals surface area contributed by atoms with Crippen LogP contribution in [-0.4, -0.2) is 56.1 Å². The van der Waals surface area contributed by atoms with Crippen LogP contribution in [-0.2, 0) is 4.79 Å². The van der Waals surface area contributed by atoms with Crippen LogP contribution in [0.2, 0.25) is 15.1 Å². The first-order chi connectivity index (χ1) is 17.7. The van der Waals surface area contributed by atoms with Crippen molar-refractivity contribution in [2.24, 2.45) is 0 Å². The molecule has 3 aromatic carbocycles. The fourth-order valence-corrected chi connectivity index (χ4v) is 4.62. The molecule has 0 spiro atoms. The number of ether oxygens (including phenoxy) is 2. The number of nitrogens with one attached hydrogen (secondary N) is 1. The predicted octanol–water partition coefficient (Wildman–Crippen LogP) is 6.02. The molecular weight excluding hydrogens is 537 g/mol. The van der Waals surface area contributed by atoms with E-state index in [0.29, 0.717) is 64.0 Å². The summed E-state index contributed by atoms with van der Waals surface area (Å²) < 4.78 is 11.0. The van der Waals surface area contributed by atoms with E-state index in [-0.39, 0.29) is 11.8 Å². The van der Waals surface area contributed by atoms with Crippen molar-refractivity contribution in [3.63, 3.8) is 0 Å². The average Bonchev–Trinajstić information content (AvgIpc) is 2.90. The van der Waals surface area contributed by atoms with Gasteiger partial charge in [-0.15, -0.1) is 0 Å². The number of amides is 2. The summed E-state index contributed by atoms with van der Waals surface area (Å²) in [7, 11) is 1.53. The number of carbonyl (C=O) groups excluding carboxylic acids is 2. The van der Waals surface area contributed by atoms with Crippen LogP contribution in [0.25, 0.3) is 0 Å². The molecule has 37 heavy (non-hydrogen) atoms. The van der Waals surface area contributed by atoms with Crippen LogP contribution < -0.4 is 19.7 Å². The van der Waals surface area contributed by atoms with Gasteiger partial charge in [0, 0.05) is 47.6 Å². The Morgan fingerprint density at radius 3 is 2.11 bits per heavy atom. The molecule has 3 aromatic rings. The normalized spacial score (nSPS) is 14.2. The Hall–Kier alpha value is -3.13. The molecule has 1 aliphatic rings. The second kappa shape index (κ2) is 11.9. The Balaban J connectivity index is 1.31. The van der Waals surface area contributed by atoms with Crippen molar-refractivity contribution < 1.29 is 19.1 Å². The largest absolute Gasteiger partial charge is 0.496 e. The van der Waals surface area contributed by atoms with Crippen molar-refractivity contribution in [2.45, 2.75) is 13.0 Å². The van der Waals surface area contributed by atoms with E-state index in [4.69, 9.17) is 44.3 Å². The Morgan fingerprint density at radius 1 is 0.865 bits per heavy atom. The average molecular weight is 563 g/mol. The number of hydrogen-bond acceptors (Lipinski definition) is 5. The highest BCUT2D eigenvalue weighted by Crippen LogP contribution is 2.29. The first-order valence-electron chi connectivity index (χ1n) is 11.7. The van der Waals surface area contributed by atoms with Crippen LogP contribution in [0.1, 0.15) is 17.3 Å². The summed E-state index contributed by atoms with van der Waals surface area (Å²) in [6.07, 6.45) is -0.762. The number of benzene rings is 3. The van der Waals surface area contributed by atoms with Crippen LogP contribution in [0.4, 0.5) is 11.4 Å². The Kier molecular flexibility index (Phi) is 8.69. The van der Waals surface area contributed by atoms with Gasteiger partial charge in [0.25, 0.3) is 11.8 Å². The lowest BCUT2D eigenvalue weighted by molar-refractivity contribution is -0.122. The molecule has 1 fully saturated rings. The molecule has 0 aromatic heterocycles. The molecule has 1 atom stereocenters. The van der Waals surface area contributed by atoms with Gasteiger partial charge in [-0.05, 0) is 67.6 Å². The number of nitrogens with zero attached hydrogens (tertiary/aromatic N) is 2. The number of carbonyl (C=O) groups is 2. The molecule has 1 saturated heterocycles. The minimum absolute atomic E-state index is 0.103. The minimum atomic E-state index is -0.762. The molecule has 4 rings (SSSR count). The third-order valence-electron chi connectivity index (χ3n) is 6.03. The van der Waals surface area contributed by atoms with Crippen molar-refractivity contribution in [3.8, 4) is 11.5 Å².